The quantitative estimate of drug-likeness (QED) is 0.315. The zero-order valence-corrected chi connectivity index (χ0v) is 16.7. The number of benzene rings is 4. The third kappa shape index (κ3) is 5.77. The Balaban J connectivity index is 1.36. The molecule has 4 rings (SSSR count). The smallest absolute Gasteiger partial charge is 0.0630 e. The molecule has 0 aliphatic rings. The van der Waals surface area contributed by atoms with Gasteiger partial charge >= 0.3 is 0 Å². The van der Waals surface area contributed by atoms with E-state index in [0.717, 1.165) is 22.5 Å². The summed E-state index contributed by atoms with van der Waals surface area (Å²) in [5, 5.41) is 0. The topological polar surface area (TPSA) is 24.7 Å². The highest BCUT2D eigenvalue weighted by Gasteiger charge is 1.99. The molecule has 0 radical (unpaired) electrons. The monoisotopic (exact) mass is 392 g/mol. The Morgan fingerprint density at radius 1 is 0.448 bits per heavy atom. The lowest BCUT2D eigenvalue weighted by Crippen LogP contribution is -1.79. The summed E-state index contributed by atoms with van der Waals surface area (Å²) in [5.74, 6) is 0. The zero-order valence-electron chi connectivity index (χ0n) is 15.8. The van der Waals surface area contributed by atoms with Crippen LogP contribution in [0.1, 0.15) is 11.1 Å². The van der Waals surface area contributed by atoms with Gasteiger partial charge in [0.1, 0.15) is 0 Å². The average molecular weight is 393 g/mol. The Kier molecular flexibility index (Phi) is 6.31. The SMILES string of the molecule is C(=Nc1ccc(Sc2ccc(N=Cc3ccccc3)cc2)cc1)c1ccccc1. The molecule has 0 bridgehead atoms. The fourth-order valence-electron chi connectivity index (χ4n) is 2.71. The first-order valence-corrected chi connectivity index (χ1v) is 10.2. The molecule has 0 N–H and O–H groups in total. The molecule has 0 aromatic heterocycles. The number of hydrogen-bond donors (Lipinski definition) is 0. The molecule has 0 amide bonds. The molecule has 0 saturated heterocycles. The van der Waals surface area contributed by atoms with E-state index in [9.17, 15) is 0 Å². The summed E-state index contributed by atoms with van der Waals surface area (Å²) in [6, 6.07) is 36.8. The molecule has 0 atom stereocenters. The van der Waals surface area contributed by atoms with Crippen LogP contribution in [0.3, 0.4) is 0 Å². The van der Waals surface area contributed by atoms with E-state index in [-0.39, 0.29) is 0 Å². The summed E-state index contributed by atoms with van der Waals surface area (Å²) in [5.41, 5.74) is 4.09. The fraction of sp³-hybridized carbons (Fsp3) is 0. The van der Waals surface area contributed by atoms with Crippen molar-refractivity contribution in [2.45, 2.75) is 9.79 Å². The lowest BCUT2D eigenvalue weighted by Gasteiger charge is -2.03. The van der Waals surface area contributed by atoms with Gasteiger partial charge in [0.05, 0.1) is 11.4 Å². The van der Waals surface area contributed by atoms with Gasteiger partial charge in [0, 0.05) is 22.2 Å². The minimum atomic E-state index is 0.948. The molecular weight excluding hydrogens is 372 g/mol. The first kappa shape index (κ1) is 18.9. The van der Waals surface area contributed by atoms with Crippen molar-refractivity contribution in [1.29, 1.82) is 0 Å². The maximum Gasteiger partial charge on any atom is 0.0630 e. The van der Waals surface area contributed by atoms with E-state index in [4.69, 9.17) is 0 Å². The Morgan fingerprint density at radius 2 is 0.828 bits per heavy atom. The highest BCUT2D eigenvalue weighted by Crippen LogP contribution is 2.30. The lowest BCUT2D eigenvalue weighted by molar-refractivity contribution is 1.38. The van der Waals surface area contributed by atoms with Crippen molar-refractivity contribution in [3.63, 3.8) is 0 Å². The third-order valence-corrected chi connectivity index (χ3v) is 5.25. The third-order valence-electron chi connectivity index (χ3n) is 4.23. The van der Waals surface area contributed by atoms with Crippen molar-refractivity contribution >= 4 is 35.6 Å². The molecular formula is C26H20N2S. The van der Waals surface area contributed by atoms with Gasteiger partial charge in [-0.3, -0.25) is 9.98 Å². The maximum absolute atomic E-state index is 4.53. The number of nitrogens with zero attached hydrogens (tertiary/aromatic N) is 2. The molecule has 0 saturated carbocycles. The first-order valence-electron chi connectivity index (χ1n) is 9.41. The van der Waals surface area contributed by atoms with Crippen LogP contribution in [0.15, 0.2) is 129 Å². The van der Waals surface area contributed by atoms with E-state index in [0.29, 0.717) is 0 Å². The maximum atomic E-state index is 4.53. The van der Waals surface area contributed by atoms with Gasteiger partial charge in [0.15, 0.2) is 0 Å². The first-order chi connectivity index (χ1) is 14.3. The predicted octanol–water partition coefficient (Wildman–Crippen LogP) is 7.34. The van der Waals surface area contributed by atoms with E-state index in [1.165, 1.54) is 9.79 Å². The molecule has 2 nitrogen and oxygen atoms in total. The Labute approximate surface area is 175 Å². The molecule has 4 aromatic rings. The van der Waals surface area contributed by atoms with Crippen LogP contribution in [0.2, 0.25) is 0 Å². The van der Waals surface area contributed by atoms with Crippen molar-refractivity contribution in [2.24, 2.45) is 9.98 Å². The van der Waals surface area contributed by atoms with Crippen molar-refractivity contribution in [2.75, 3.05) is 0 Å². The zero-order chi connectivity index (χ0) is 19.7. The van der Waals surface area contributed by atoms with Crippen molar-refractivity contribution < 1.29 is 0 Å². The molecule has 3 heteroatoms. The standard InChI is InChI=1S/C26H20N2S/c1-3-7-21(8-4-1)19-27-23-11-15-25(16-12-23)29-26-17-13-24(14-18-26)28-20-22-9-5-2-6-10-22/h1-20H. The van der Waals surface area contributed by atoms with E-state index in [1.54, 1.807) is 11.8 Å². The summed E-state index contributed by atoms with van der Waals surface area (Å²) < 4.78 is 0. The van der Waals surface area contributed by atoms with Crippen LogP contribution in [-0.2, 0) is 0 Å². The minimum absolute atomic E-state index is 0.948. The molecule has 4 aromatic carbocycles. The van der Waals surface area contributed by atoms with E-state index in [1.807, 2.05) is 97.4 Å². The predicted molar refractivity (Wildman–Crippen MR) is 124 cm³/mol. The molecule has 0 heterocycles. The Hall–Kier alpha value is -3.43. The molecule has 0 unspecified atom stereocenters. The number of hydrogen-bond acceptors (Lipinski definition) is 3. The lowest BCUT2D eigenvalue weighted by atomic mass is 10.2. The molecule has 0 aliphatic heterocycles. The van der Waals surface area contributed by atoms with Gasteiger partial charge in [-0.2, -0.15) is 0 Å². The van der Waals surface area contributed by atoms with E-state index >= 15 is 0 Å². The second-order valence-corrected chi connectivity index (χ2v) is 7.57. The van der Waals surface area contributed by atoms with Crippen LogP contribution in [-0.4, -0.2) is 12.4 Å². The van der Waals surface area contributed by atoms with Crippen LogP contribution >= 0.6 is 11.8 Å². The van der Waals surface area contributed by atoms with Gasteiger partial charge < -0.3 is 0 Å². The van der Waals surface area contributed by atoms with Gasteiger partial charge in [0.25, 0.3) is 0 Å². The fourth-order valence-corrected chi connectivity index (χ4v) is 3.53. The largest absolute Gasteiger partial charge is 0.256 e. The second kappa shape index (κ2) is 9.67. The molecule has 0 spiro atoms. The van der Waals surface area contributed by atoms with Gasteiger partial charge in [-0.05, 0) is 59.7 Å². The molecule has 29 heavy (non-hydrogen) atoms. The summed E-state index contributed by atoms with van der Waals surface area (Å²) in [4.78, 5) is 11.4. The van der Waals surface area contributed by atoms with E-state index < -0.39 is 0 Å². The highest BCUT2D eigenvalue weighted by atomic mass is 32.2. The Bertz CT molecular complexity index is 994. The average Bonchev–Trinajstić information content (AvgIpc) is 2.80. The second-order valence-electron chi connectivity index (χ2n) is 6.43. The summed E-state index contributed by atoms with van der Waals surface area (Å²) in [6.07, 6.45) is 3.77. The van der Waals surface area contributed by atoms with Crippen LogP contribution in [0, 0.1) is 0 Å². The van der Waals surface area contributed by atoms with Crippen molar-refractivity contribution in [3.8, 4) is 0 Å². The van der Waals surface area contributed by atoms with Crippen molar-refractivity contribution in [3.05, 3.63) is 120 Å². The molecule has 0 aliphatic carbocycles. The number of aliphatic imine (C=N–C) groups is 2. The van der Waals surface area contributed by atoms with Crippen molar-refractivity contribution in [1.82, 2.24) is 0 Å². The summed E-state index contributed by atoms with van der Waals surface area (Å²) >= 11 is 1.73. The van der Waals surface area contributed by atoms with Crippen LogP contribution in [0.5, 0.6) is 0 Å². The molecule has 140 valence electrons. The molecule has 0 fully saturated rings. The van der Waals surface area contributed by atoms with Crippen LogP contribution in [0.25, 0.3) is 0 Å². The van der Waals surface area contributed by atoms with Gasteiger partial charge in [-0.1, -0.05) is 72.4 Å². The van der Waals surface area contributed by atoms with E-state index in [2.05, 4.69) is 34.3 Å². The van der Waals surface area contributed by atoms with Crippen LogP contribution < -0.4 is 0 Å². The van der Waals surface area contributed by atoms with Gasteiger partial charge in [-0.15, -0.1) is 0 Å². The van der Waals surface area contributed by atoms with Gasteiger partial charge in [0.2, 0.25) is 0 Å². The van der Waals surface area contributed by atoms with Gasteiger partial charge in [-0.25, -0.2) is 0 Å². The summed E-state index contributed by atoms with van der Waals surface area (Å²) in [7, 11) is 0. The number of rotatable bonds is 6. The van der Waals surface area contributed by atoms with Crippen LogP contribution in [0.4, 0.5) is 11.4 Å². The normalized spacial score (nSPS) is 11.3. The minimum Gasteiger partial charge on any atom is -0.256 e. The highest BCUT2D eigenvalue weighted by molar-refractivity contribution is 7.99. The Morgan fingerprint density at radius 3 is 1.21 bits per heavy atom. The summed E-state index contributed by atoms with van der Waals surface area (Å²) in [6.45, 7) is 0.